The zero-order chi connectivity index (χ0) is 20.1. The Balaban J connectivity index is 1.75. The number of amides is 1. The Morgan fingerprint density at radius 2 is 2.14 bits per heavy atom. The van der Waals surface area contributed by atoms with E-state index in [4.69, 9.17) is 26.3 Å². The molecule has 28 heavy (non-hydrogen) atoms. The quantitative estimate of drug-likeness (QED) is 0.689. The van der Waals surface area contributed by atoms with E-state index in [0.717, 1.165) is 16.8 Å². The number of thioether (sulfide) groups is 1. The molecular weight excluding hydrogens is 398 g/mol. The van der Waals surface area contributed by atoms with Gasteiger partial charge >= 0.3 is 0 Å². The van der Waals surface area contributed by atoms with Gasteiger partial charge in [0.1, 0.15) is 6.07 Å². The first kappa shape index (κ1) is 19.9. The van der Waals surface area contributed by atoms with Crippen molar-refractivity contribution in [3.8, 4) is 17.6 Å². The van der Waals surface area contributed by atoms with Gasteiger partial charge in [-0.15, -0.1) is 0 Å². The van der Waals surface area contributed by atoms with Crippen LogP contribution in [0.25, 0.3) is 6.08 Å². The van der Waals surface area contributed by atoms with Crippen LogP contribution in [0.2, 0.25) is 5.02 Å². The molecule has 1 unspecified atom stereocenters. The Bertz CT molecular complexity index is 972. The maximum absolute atomic E-state index is 12.3. The maximum atomic E-state index is 12.3. The van der Waals surface area contributed by atoms with Crippen molar-refractivity contribution in [2.75, 3.05) is 19.0 Å². The molecule has 0 spiro atoms. The number of nitrogens with zero attached hydrogens (tertiary/aromatic N) is 1. The number of ether oxygens (including phenoxy) is 2. The van der Waals surface area contributed by atoms with Crippen molar-refractivity contribution in [3.63, 3.8) is 0 Å². The number of nitrogens with one attached hydrogen (secondary N) is 2. The number of anilines is 1. The lowest BCUT2D eigenvalue weighted by Crippen LogP contribution is -2.31. The first-order valence-corrected chi connectivity index (χ1v) is 9.65. The normalized spacial score (nSPS) is 17.1. The predicted molar refractivity (Wildman–Crippen MR) is 111 cm³/mol. The summed E-state index contributed by atoms with van der Waals surface area (Å²) in [6, 6.07) is 12.8. The Hall–Kier alpha value is -2.82. The number of hydrogen-bond acceptors (Lipinski definition) is 6. The van der Waals surface area contributed by atoms with Gasteiger partial charge in [-0.2, -0.15) is 5.26 Å². The first-order chi connectivity index (χ1) is 13.5. The summed E-state index contributed by atoms with van der Waals surface area (Å²) in [7, 11) is 1.52. The zero-order valence-electron chi connectivity index (χ0n) is 15.3. The minimum Gasteiger partial charge on any atom is -0.493 e. The van der Waals surface area contributed by atoms with Crippen LogP contribution in [0.4, 0.5) is 5.69 Å². The molecule has 0 radical (unpaired) electrons. The number of carbonyl (C=O) groups is 1. The molecule has 1 amide bonds. The van der Waals surface area contributed by atoms with Gasteiger partial charge in [0, 0.05) is 10.7 Å². The summed E-state index contributed by atoms with van der Waals surface area (Å²) in [6.07, 6.45) is 1.78. The molecule has 1 aliphatic rings. The highest BCUT2D eigenvalue weighted by Gasteiger charge is 2.27. The lowest BCUT2D eigenvalue weighted by molar-refractivity contribution is -0.116. The first-order valence-electron chi connectivity index (χ1n) is 8.40. The average molecular weight is 416 g/mol. The van der Waals surface area contributed by atoms with Crippen LogP contribution >= 0.6 is 23.4 Å². The number of carbonyl (C=O) groups excluding carboxylic acids is 1. The second-order valence-electron chi connectivity index (χ2n) is 5.94. The summed E-state index contributed by atoms with van der Waals surface area (Å²) in [5.41, 5.74) is 2.40. The number of halogens is 1. The molecule has 1 aliphatic heterocycles. The molecule has 144 valence electrons. The highest BCUT2D eigenvalue weighted by Crippen LogP contribution is 2.34. The lowest BCUT2D eigenvalue weighted by Gasteiger charge is -2.15. The molecule has 1 fully saturated rings. The topological polar surface area (TPSA) is 83.4 Å². The van der Waals surface area contributed by atoms with Gasteiger partial charge in [0.2, 0.25) is 0 Å². The Labute approximate surface area is 172 Å². The average Bonchev–Trinajstić information content (AvgIpc) is 3.02. The highest BCUT2D eigenvalue weighted by atomic mass is 35.5. The standard InChI is InChI=1S/C20H18ClN3O3S/c1-12-3-5-14(21)11-15(12)23-20-24-19(25)18(28-20)10-13-4-6-16(27-8-7-22)17(9-13)26-2/h3-6,9-11,20,23H,8H2,1-2H3,(H,24,25)/b18-10-. The minimum absolute atomic E-state index is 0.0642. The number of methoxy groups -OCH3 is 1. The molecule has 1 heterocycles. The molecule has 2 N–H and O–H groups in total. The Morgan fingerprint density at radius 3 is 2.89 bits per heavy atom. The Morgan fingerprint density at radius 1 is 1.32 bits per heavy atom. The van der Waals surface area contributed by atoms with Gasteiger partial charge in [0.15, 0.2) is 23.6 Å². The number of nitriles is 1. The van der Waals surface area contributed by atoms with Crippen LogP contribution in [-0.2, 0) is 4.79 Å². The lowest BCUT2D eigenvalue weighted by atomic mass is 10.2. The van der Waals surface area contributed by atoms with Crippen LogP contribution in [0.5, 0.6) is 11.5 Å². The van der Waals surface area contributed by atoms with E-state index in [1.54, 1.807) is 24.3 Å². The number of hydrogen-bond donors (Lipinski definition) is 2. The monoisotopic (exact) mass is 415 g/mol. The SMILES string of the molecule is COc1cc(/C=C2\SC(Nc3cc(Cl)ccc3C)NC2=O)ccc1OCC#N. The van der Waals surface area contributed by atoms with E-state index in [0.29, 0.717) is 21.4 Å². The van der Waals surface area contributed by atoms with Gasteiger partial charge in [0.05, 0.1) is 12.0 Å². The van der Waals surface area contributed by atoms with Crippen LogP contribution in [0, 0.1) is 18.3 Å². The fraction of sp³-hybridized carbons (Fsp3) is 0.200. The van der Waals surface area contributed by atoms with Gasteiger partial charge in [0.25, 0.3) is 5.91 Å². The van der Waals surface area contributed by atoms with Crippen LogP contribution in [0.3, 0.4) is 0 Å². The smallest absolute Gasteiger partial charge is 0.260 e. The van der Waals surface area contributed by atoms with Crippen LogP contribution in [-0.4, -0.2) is 25.1 Å². The largest absolute Gasteiger partial charge is 0.493 e. The van der Waals surface area contributed by atoms with Crippen molar-refractivity contribution in [1.82, 2.24) is 5.32 Å². The van der Waals surface area contributed by atoms with Gasteiger partial charge in [-0.05, 0) is 48.4 Å². The fourth-order valence-corrected chi connectivity index (χ4v) is 3.76. The summed E-state index contributed by atoms with van der Waals surface area (Å²) in [5, 5.41) is 15.4. The molecule has 3 rings (SSSR count). The second kappa shape index (κ2) is 8.91. The van der Waals surface area contributed by atoms with Crippen molar-refractivity contribution in [2.24, 2.45) is 0 Å². The van der Waals surface area contributed by atoms with E-state index in [9.17, 15) is 4.79 Å². The Kier molecular flexibility index (Phi) is 6.34. The summed E-state index contributed by atoms with van der Waals surface area (Å²) in [6.45, 7) is 1.91. The van der Waals surface area contributed by atoms with Crippen LogP contribution in [0.15, 0.2) is 41.3 Å². The van der Waals surface area contributed by atoms with Crippen molar-refractivity contribution in [1.29, 1.82) is 5.26 Å². The van der Waals surface area contributed by atoms with E-state index in [-0.39, 0.29) is 18.0 Å². The number of rotatable bonds is 6. The molecule has 2 aromatic rings. The van der Waals surface area contributed by atoms with E-state index in [2.05, 4.69) is 10.6 Å². The molecular formula is C20H18ClN3O3S. The third kappa shape index (κ3) is 4.71. The maximum Gasteiger partial charge on any atom is 0.260 e. The van der Waals surface area contributed by atoms with E-state index < -0.39 is 0 Å². The van der Waals surface area contributed by atoms with E-state index in [1.807, 2.05) is 31.2 Å². The van der Waals surface area contributed by atoms with Crippen molar-refractivity contribution in [2.45, 2.75) is 12.4 Å². The minimum atomic E-state index is -0.295. The van der Waals surface area contributed by atoms with Crippen LogP contribution < -0.4 is 20.1 Å². The molecule has 8 heteroatoms. The van der Waals surface area contributed by atoms with Gasteiger partial charge < -0.3 is 20.1 Å². The molecule has 0 bridgehead atoms. The summed E-state index contributed by atoms with van der Waals surface area (Å²) in [5.74, 6) is 0.814. The summed E-state index contributed by atoms with van der Waals surface area (Å²) < 4.78 is 10.6. The van der Waals surface area contributed by atoms with E-state index >= 15 is 0 Å². The summed E-state index contributed by atoms with van der Waals surface area (Å²) >= 11 is 7.44. The molecule has 0 aromatic heterocycles. The second-order valence-corrected chi connectivity index (χ2v) is 7.52. The molecule has 6 nitrogen and oxygen atoms in total. The predicted octanol–water partition coefficient (Wildman–Crippen LogP) is 4.16. The fourth-order valence-electron chi connectivity index (χ4n) is 2.61. The van der Waals surface area contributed by atoms with Crippen molar-refractivity contribution >= 4 is 41.0 Å². The molecule has 1 atom stereocenters. The highest BCUT2D eigenvalue weighted by molar-refractivity contribution is 8.05. The van der Waals surface area contributed by atoms with Gasteiger partial charge in [-0.25, -0.2) is 0 Å². The van der Waals surface area contributed by atoms with Gasteiger partial charge in [-0.1, -0.05) is 35.5 Å². The third-order valence-electron chi connectivity index (χ3n) is 3.99. The molecule has 0 aliphatic carbocycles. The molecule has 2 aromatic carbocycles. The number of benzene rings is 2. The van der Waals surface area contributed by atoms with Crippen LogP contribution in [0.1, 0.15) is 11.1 Å². The van der Waals surface area contributed by atoms with Gasteiger partial charge in [-0.3, -0.25) is 4.79 Å². The molecule has 0 saturated carbocycles. The van der Waals surface area contributed by atoms with Crippen molar-refractivity contribution in [3.05, 3.63) is 57.5 Å². The zero-order valence-corrected chi connectivity index (χ0v) is 16.9. The van der Waals surface area contributed by atoms with Crippen molar-refractivity contribution < 1.29 is 14.3 Å². The van der Waals surface area contributed by atoms with E-state index in [1.165, 1.54) is 18.9 Å². The number of aryl methyl sites for hydroxylation is 1. The molecule has 1 saturated heterocycles. The third-order valence-corrected chi connectivity index (χ3v) is 5.26. The summed E-state index contributed by atoms with van der Waals surface area (Å²) in [4.78, 5) is 12.9.